The summed E-state index contributed by atoms with van der Waals surface area (Å²) in [6.07, 6.45) is -12.1. The molecule has 0 N–H and O–H groups in total. The van der Waals surface area contributed by atoms with E-state index >= 15 is 0 Å². The van der Waals surface area contributed by atoms with Crippen molar-refractivity contribution in [2.24, 2.45) is 0 Å². The molecule has 0 saturated carbocycles. The van der Waals surface area contributed by atoms with Crippen molar-refractivity contribution in [3.05, 3.63) is 6.43 Å². The van der Waals surface area contributed by atoms with E-state index in [9.17, 15) is 57.1 Å². The van der Waals surface area contributed by atoms with Crippen LogP contribution in [0.3, 0.4) is 0 Å². The Morgan fingerprint density at radius 2 is 0.800 bits per heavy atom. The van der Waals surface area contributed by atoms with Crippen LogP contribution in [0.1, 0.15) is 0 Å². The van der Waals surface area contributed by atoms with Crippen molar-refractivity contribution in [2.45, 2.75) is 29.9 Å². The quantitative estimate of drug-likeness (QED) is 0.406. The van der Waals surface area contributed by atoms with E-state index in [1.165, 1.54) is 0 Å². The van der Waals surface area contributed by atoms with Gasteiger partial charge < -0.3 is 8.78 Å². The molecule has 0 amide bonds. The van der Waals surface area contributed by atoms with Crippen LogP contribution in [0, 0.1) is 6.43 Å². The molecule has 0 radical (unpaired) electrons. The van der Waals surface area contributed by atoms with Crippen LogP contribution in [-0.2, 0) is 0 Å². The maximum atomic E-state index is 12.3. The van der Waals surface area contributed by atoms with E-state index in [1.54, 1.807) is 0 Å². The van der Waals surface area contributed by atoms with Crippen molar-refractivity contribution < 1.29 is 108 Å². The summed E-state index contributed by atoms with van der Waals surface area (Å²) >= 11 is 0. The third-order valence-electron chi connectivity index (χ3n) is 1.78. The van der Waals surface area contributed by atoms with Gasteiger partial charge in [0.2, 0.25) is 0 Å². The zero-order valence-electron chi connectivity index (χ0n) is 8.91. The van der Waals surface area contributed by atoms with Crippen LogP contribution in [0.15, 0.2) is 0 Å². The predicted octanol–water partition coefficient (Wildman–Crippen LogP) is 1.52. The third kappa shape index (κ3) is 3.22. The van der Waals surface area contributed by atoms with Gasteiger partial charge in [0.1, 0.15) is 0 Å². The monoisotopic (exact) mass is 358 g/mol. The number of hydrogen-bond donors (Lipinski definition) is 0. The van der Waals surface area contributed by atoms with Gasteiger partial charge in [-0.05, 0) is 0 Å². The second-order valence-electron chi connectivity index (χ2n) is 3.06. The van der Waals surface area contributed by atoms with Crippen LogP contribution in [0.4, 0.5) is 57.1 Å². The average Bonchev–Trinajstić information content (AvgIpc) is 2.14. The normalized spacial score (nSPS) is 15.3. The molecule has 0 aliphatic heterocycles. The molecule has 0 heterocycles. The van der Waals surface area contributed by atoms with E-state index in [1.807, 2.05) is 0 Å². The SMILES string of the molecule is F[C-](F)C(F)(F)C(F)(F)C(F)(F)C(F)(F)C(F)(F)F.[K+]. The summed E-state index contributed by atoms with van der Waals surface area (Å²) in [7, 11) is 0. The van der Waals surface area contributed by atoms with Gasteiger partial charge in [0.25, 0.3) is 5.92 Å². The Hall–Kier alpha value is 0.726. The molecule has 0 aromatic heterocycles. The fourth-order valence-corrected chi connectivity index (χ4v) is 0.691. The minimum absolute atomic E-state index is 0. The van der Waals surface area contributed by atoms with Crippen LogP contribution < -0.4 is 51.4 Å². The van der Waals surface area contributed by atoms with E-state index in [2.05, 4.69) is 0 Å². The van der Waals surface area contributed by atoms with Gasteiger partial charge in [-0.25, -0.2) is 8.78 Å². The summed E-state index contributed by atoms with van der Waals surface area (Å²) in [5.74, 6) is -30.3. The van der Waals surface area contributed by atoms with Crippen LogP contribution in [0.2, 0.25) is 0 Å². The van der Waals surface area contributed by atoms with Crippen molar-refractivity contribution in [2.75, 3.05) is 0 Å². The van der Waals surface area contributed by atoms with Crippen LogP contribution >= 0.6 is 0 Å². The largest absolute Gasteiger partial charge is 1.00 e. The first-order valence-corrected chi connectivity index (χ1v) is 3.71. The fraction of sp³-hybridized carbons (Fsp3) is 0.833. The van der Waals surface area contributed by atoms with Gasteiger partial charge in [0.15, 0.2) is 0 Å². The molecule has 0 saturated heterocycles. The first-order chi connectivity index (χ1) is 7.94. The van der Waals surface area contributed by atoms with Gasteiger partial charge >= 0.3 is 75.3 Å². The summed E-state index contributed by atoms with van der Waals surface area (Å²) in [4.78, 5) is 0. The molecule has 0 bridgehead atoms. The molecule has 0 spiro atoms. The molecule has 116 valence electrons. The molecule has 0 atom stereocenters. The summed E-state index contributed by atoms with van der Waals surface area (Å²) in [5.41, 5.74) is 0. The molecular formula is C6F13K. The van der Waals surface area contributed by atoms with Gasteiger partial charge in [-0.15, -0.1) is 0 Å². The zero-order chi connectivity index (χ0) is 16.1. The standard InChI is InChI=1S/C6F13.K/c7-1(8)2(9,10)3(11,12)4(13,14)5(15,16)6(17,18)19;/q-1;+1. The van der Waals surface area contributed by atoms with Gasteiger partial charge in [0.05, 0.1) is 6.43 Å². The summed E-state index contributed by atoms with van der Waals surface area (Å²) in [6.45, 7) is 0. The molecule has 0 rings (SSSR count). The van der Waals surface area contributed by atoms with Crippen LogP contribution in [0.5, 0.6) is 0 Å². The smallest absolute Gasteiger partial charge is 0.415 e. The van der Waals surface area contributed by atoms with E-state index in [0.29, 0.717) is 0 Å². The topological polar surface area (TPSA) is 0 Å². The summed E-state index contributed by atoms with van der Waals surface area (Å²) in [6, 6.07) is 0. The van der Waals surface area contributed by atoms with Crippen molar-refractivity contribution in [1.29, 1.82) is 0 Å². The molecule has 0 aliphatic carbocycles. The maximum Gasteiger partial charge on any atom is 1.00 e. The molecule has 0 nitrogen and oxygen atoms in total. The minimum atomic E-state index is -7.80. The van der Waals surface area contributed by atoms with Gasteiger partial charge in [-0.3, -0.25) is 0 Å². The van der Waals surface area contributed by atoms with Crippen LogP contribution in [0.25, 0.3) is 0 Å². The van der Waals surface area contributed by atoms with E-state index in [0.717, 1.165) is 0 Å². The molecule has 20 heavy (non-hydrogen) atoms. The number of halogens is 13. The molecule has 0 aliphatic rings. The first kappa shape index (κ1) is 23.0. The second-order valence-corrected chi connectivity index (χ2v) is 3.06. The molecule has 0 unspecified atom stereocenters. The second kappa shape index (κ2) is 6.08. The molecule has 0 aromatic carbocycles. The predicted molar refractivity (Wildman–Crippen MR) is 31.3 cm³/mol. The first-order valence-electron chi connectivity index (χ1n) is 3.71. The average molecular weight is 358 g/mol. The molecule has 0 fully saturated rings. The van der Waals surface area contributed by atoms with Crippen molar-refractivity contribution >= 4 is 0 Å². The third-order valence-corrected chi connectivity index (χ3v) is 1.78. The van der Waals surface area contributed by atoms with E-state index in [-0.39, 0.29) is 51.4 Å². The van der Waals surface area contributed by atoms with E-state index in [4.69, 9.17) is 0 Å². The Bertz CT molecular complexity index is 328. The Kier molecular flexibility index (Phi) is 6.99. The fourth-order valence-electron chi connectivity index (χ4n) is 0.691. The summed E-state index contributed by atoms with van der Waals surface area (Å²) in [5, 5.41) is 0. The molecule has 0 aromatic rings. The Labute approximate surface area is 144 Å². The van der Waals surface area contributed by atoms with Crippen molar-refractivity contribution in [3.8, 4) is 0 Å². The van der Waals surface area contributed by atoms with Crippen LogP contribution in [-0.4, -0.2) is 29.9 Å². The number of hydrogen-bond acceptors (Lipinski definition) is 0. The summed E-state index contributed by atoms with van der Waals surface area (Å²) < 4.78 is 154. The minimum Gasteiger partial charge on any atom is -0.415 e. The maximum absolute atomic E-state index is 12.3. The Morgan fingerprint density at radius 3 is 1.00 bits per heavy atom. The Balaban J connectivity index is 0. The van der Waals surface area contributed by atoms with E-state index < -0.39 is 36.3 Å². The molecular weight excluding hydrogens is 358 g/mol. The van der Waals surface area contributed by atoms with Gasteiger partial charge in [-0.1, -0.05) is 0 Å². The number of alkyl halides is 11. The van der Waals surface area contributed by atoms with Gasteiger partial charge in [0, 0.05) is 0 Å². The van der Waals surface area contributed by atoms with Crippen molar-refractivity contribution in [1.82, 2.24) is 0 Å². The molecule has 14 heteroatoms. The van der Waals surface area contributed by atoms with Crippen molar-refractivity contribution in [3.63, 3.8) is 0 Å². The zero-order valence-corrected chi connectivity index (χ0v) is 12.0. The number of rotatable bonds is 4. The van der Waals surface area contributed by atoms with Gasteiger partial charge in [-0.2, -0.15) is 39.5 Å². The Morgan fingerprint density at radius 1 is 0.500 bits per heavy atom.